The number of hydrogen-bond donors (Lipinski definition) is 0. The van der Waals surface area contributed by atoms with Gasteiger partial charge in [0, 0.05) is 47.7 Å². The largest absolute Gasteiger partial charge is 0.256 e. The number of benzene rings is 1. The van der Waals surface area contributed by atoms with Crippen LogP contribution in [0.2, 0.25) is 0 Å². The molecule has 7 aromatic rings. The molecule has 0 aliphatic carbocycles. The number of aromatic nitrogens is 6. The van der Waals surface area contributed by atoms with Crippen molar-refractivity contribution in [2.45, 2.75) is 0 Å². The van der Waals surface area contributed by atoms with Crippen molar-refractivity contribution in [1.29, 1.82) is 0 Å². The lowest BCUT2D eigenvalue weighted by atomic mass is 9.95. The molecule has 198 valence electrons. The highest BCUT2D eigenvalue weighted by Crippen LogP contribution is 2.33. The van der Waals surface area contributed by atoms with Crippen LogP contribution in [0.5, 0.6) is 0 Å². The minimum atomic E-state index is 0.798. The zero-order chi connectivity index (χ0) is 28.1. The van der Waals surface area contributed by atoms with E-state index in [1.54, 1.807) is 12.4 Å². The van der Waals surface area contributed by atoms with Crippen molar-refractivity contribution in [3.8, 4) is 67.7 Å². The molecular weight excluding hydrogens is 516 g/mol. The van der Waals surface area contributed by atoms with Crippen LogP contribution in [0, 0.1) is 0 Å². The summed E-state index contributed by atoms with van der Waals surface area (Å²) in [6, 6.07) is 38.2. The maximum Gasteiger partial charge on any atom is 0.0894 e. The number of rotatable bonds is 6. The van der Waals surface area contributed by atoms with Crippen LogP contribution in [0.15, 0.2) is 146 Å². The molecule has 42 heavy (non-hydrogen) atoms. The molecule has 0 unspecified atom stereocenters. The van der Waals surface area contributed by atoms with Crippen molar-refractivity contribution in [2.75, 3.05) is 0 Å². The number of hydrogen-bond acceptors (Lipinski definition) is 6. The van der Waals surface area contributed by atoms with Gasteiger partial charge in [0.05, 0.1) is 39.9 Å². The Bertz CT molecular complexity index is 1940. The molecule has 0 amide bonds. The quantitative estimate of drug-likeness (QED) is 0.212. The van der Waals surface area contributed by atoms with Crippen molar-refractivity contribution < 1.29 is 0 Å². The Morgan fingerprint density at radius 3 is 1.19 bits per heavy atom. The minimum absolute atomic E-state index is 0.798. The monoisotopic (exact) mass is 540 g/mol. The van der Waals surface area contributed by atoms with E-state index >= 15 is 0 Å². The summed E-state index contributed by atoms with van der Waals surface area (Å²) in [5.74, 6) is 0. The highest BCUT2D eigenvalue weighted by Gasteiger charge is 2.11. The fraction of sp³-hybridized carbons (Fsp3) is 0. The molecule has 6 nitrogen and oxygen atoms in total. The smallest absolute Gasteiger partial charge is 0.0894 e. The van der Waals surface area contributed by atoms with E-state index in [4.69, 9.17) is 15.0 Å². The Morgan fingerprint density at radius 1 is 0.286 bits per heavy atom. The van der Waals surface area contributed by atoms with Crippen LogP contribution >= 0.6 is 0 Å². The second-order valence-electron chi connectivity index (χ2n) is 9.72. The molecule has 7 rings (SSSR count). The Labute approximate surface area is 243 Å². The molecule has 0 fully saturated rings. The van der Waals surface area contributed by atoms with Gasteiger partial charge in [-0.1, -0.05) is 36.4 Å². The Kier molecular flexibility index (Phi) is 6.76. The number of pyridine rings is 6. The van der Waals surface area contributed by atoms with Gasteiger partial charge in [0.2, 0.25) is 0 Å². The summed E-state index contributed by atoms with van der Waals surface area (Å²) in [4.78, 5) is 27.8. The van der Waals surface area contributed by atoms with Gasteiger partial charge >= 0.3 is 0 Å². The molecule has 0 saturated carbocycles. The summed E-state index contributed by atoms with van der Waals surface area (Å²) in [6.07, 6.45) is 9.16. The molecule has 0 atom stereocenters. The zero-order valence-corrected chi connectivity index (χ0v) is 22.5. The van der Waals surface area contributed by atoms with Crippen LogP contribution in [0.1, 0.15) is 0 Å². The molecule has 6 heterocycles. The van der Waals surface area contributed by atoms with Gasteiger partial charge in [-0.05, 0) is 90.0 Å². The van der Waals surface area contributed by atoms with E-state index in [2.05, 4.69) is 45.3 Å². The SMILES string of the molecule is c1ccc(-c2cc(-c3ccc(-c4ccccn4)nc3)cc(-c3ccc(-c4cccc(-c5ccccn5)n4)nc3)c2)nc1. The topological polar surface area (TPSA) is 77.3 Å². The minimum Gasteiger partial charge on any atom is -0.256 e. The van der Waals surface area contributed by atoms with Crippen LogP contribution in [0.3, 0.4) is 0 Å². The molecule has 0 N–H and O–H groups in total. The van der Waals surface area contributed by atoms with Crippen LogP contribution in [-0.4, -0.2) is 29.9 Å². The summed E-state index contributed by atoms with van der Waals surface area (Å²) >= 11 is 0. The molecule has 0 aliphatic rings. The van der Waals surface area contributed by atoms with E-state index < -0.39 is 0 Å². The van der Waals surface area contributed by atoms with E-state index in [-0.39, 0.29) is 0 Å². The first-order chi connectivity index (χ1) is 20.8. The summed E-state index contributed by atoms with van der Waals surface area (Å²) in [7, 11) is 0. The molecule has 0 aliphatic heterocycles. The van der Waals surface area contributed by atoms with Crippen molar-refractivity contribution in [3.05, 3.63) is 146 Å². The third-order valence-corrected chi connectivity index (χ3v) is 6.95. The van der Waals surface area contributed by atoms with Crippen LogP contribution in [0.25, 0.3) is 67.7 Å². The summed E-state index contributed by atoms with van der Waals surface area (Å²) in [5, 5.41) is 0. The fourth-order valence-corrected chi connectivity index (χ4v) is 4.82. The molecule has 0 radical (unpaired) electrons. The predicted molar refractivity (Wildman–Crippen MR) is 166 cm³/mol. The molecule has 1 aromatic carbocycles. The van der Waals surface area contributed by atoms with Gasteiger partial charge in [0.25, 0.3) is 0 Å². The third kappa shape index (κ3) is 5.29. The van der Waals surface area contributed by atoms with E-state index in [0.29, 0.717) is 0 Å². The van der Waals surface area contributed by atoms with Crippen LogP contribution in [-0.2, 0) is 0 Å². The maximum absolute atomic E-state index is 4.81. The molecule has 6 aromatic heterocycles. The summed E-state index contributed by atoms with van der Waals surface area (Å²) in [5.41, 5.74) is 10.9. The van der Waals surface area contributed by atoms with Crippen molar-refractivity contribution in [3.63, 3.8) is 0 Å². The highest BCUT2D eigenvalue weighted by molar-refractivity contribution is 5.80. The zero-order valence-electron chi connectivity index (χ0n) is 22.5. The van der Waals surface area contributed by atoms with Gasteiger partial charge in [0.15, 0.2) is 0 Å². The van der Waals surface area contributed by atoms with E-state index in [1.165, 1.54) is 0 Å². The predicted octanol–water partition coefficient (Wildman–Crippen LogP) is 8.06. The first-order valence-corrected chi connectivity index (χ1v) is 13.6. The van der Waals surface area contributed by atoms with Gasteiger partial charge in [-0.25, -0.2) is 4.98 Å². The second-order valence-corrected chi connectivity index (χ2v) is 9.72. The average Bonchev–Trinajstić information content (AvgIpc) is 3.09. The van der Waals surface area contributed by atoms with E-state index in [0.717, 1.165) is 67.7 Å². The third-order valence-electron chi connectivity index (χ3n) is 6.95. The van der Waals surface area contributed by atoms with Crippen LogP contribution < -0.4 is 0 Å². The van der Waals surface area contributed by atoms with Crippen molar-refractivity contribution in [2.24, 2.45) is 0 Å². The van der Waals surface area contributed by atoms with Gasteiger partial charge < -0.3 is 0 Å². The van der Waals surface area contributed by atoms with E-state index in [9.17, 15) is 0 Å². The molecule has 0 spiro atoms. The molecule has 0 bridgehead atoms. The Morgan fingerprint density at radius 2 is 0.714 bits per heavy atom. The van der Waals surface area contributed by atoms with Crippen molar-refractivity contribution in [1.82, 2.24) is 29.9 Å². The Hall–Kier alpha value is -5.88. The van der Waals surface area contributed by atoms with Crippen LogP contribution in [0.4, 0.5) is 0 Å². The molecule has 0 saturated heterocycles. The molecule has 6 heteroatoms. The standard InChI is InChI=1S/C36H24N6/c1-4-17-37-30(8-1)29-21-27(25-13-15-33(40-23-25)31-9-2-5-18-38-31)20-28(22-29)26-14-16-34(41-24-26)36-12-7-11-35(42-36)32-10-3-6-19-39-32/h1-24H. The first-order valence-electron chi connectivity index (χ1n) is 13.6. The average molecular weight is 541 g/mol. The van der Waals surface area contributed by atoms with Gasteiger partial charge in [0.1, 0.15) is 0 Å². The van der Waals surface area contributed by atoms with Gasteiger partial charge in [-0.3, -0.25) is 24.9 Å². The summed E-state index contributed by atoms with van der Waals surface area (Å²) < 4.78 is 0. The Balaban J connectivity index is 1.25. The normalized spacial score (nSPS) is 10.9. The van der Waals surface area contributed by atoms with Gasteiger partial charge in [-0.15, -0.1) is 0 Å². The lowest BCUT2D eigenvalue weighted by Crippen LogP contribution is -1.93. The van der Waals surface area contributed by atoms with E-state index in [1.807, 2.05) is 104 Å². The van der Waals surface area contributed by atoms with Crippen molar-refractivity contribution >= 4 is 0 Å². The molecular formula is C36H24N6. The second kappa shape index (κ2) is 11.3. The lowest BCUT2D eigenvalue weighted by Gasteiger charge is -2.11. The van der Waals surface area contributed by atoms with Gasteiger partial charge in [-0.2, -0.15) is 0 Å². The first kappa shape index (κ1) is 25.1. The lowest BCUT2D eigenvalue weighted by molar-refractivity contribution is 1.22. The highest BCUT2D eigenvalue weighted by atomic mass is 14.8. The summed E-state index contributed by atoms with van der Waals surface area (Å²) in [6.45, 7) is 0. The maximum atomic E-state index is 4.81. The number of nitrogens with zero attached hydrogens (tertiary/aromatic N) is 6. The fourth-order valence-electron chi connectivity index (χ4n) is 4.82.